The Morgan fingerprint density at radius 3 is 2.67 bits per heavy atom. The maximum Gasteiger partial charge on any atom is 0.133 e. The van der Waals surface area contributed by atoms with Crippen LogP contribution in [-0.4, -0.2) is 12.4 Å². The standard InChI is InChI=1S/C15H21NOS/c1-5-17-15-8-12(3)14(7-13(15)4)6-11(2)9-18-10-16/h7-8,11H,5-6,9H2,1-4H3. The summed E-state index contributed by atoms with van der Waals surface area (Å²) < 4.78 is 5.60. The molecule has 0 N–H and O–H groups in total. The summed E-state index contributed by atoms with van der Waals surface area (Å²) in [7, 11) is 0. The highest BCUT2D eigenvalue weighted by Gasteiger charge is 2.09. The molecule has 1 rings (SSSR count). The van der Waals surface area contributed by atoms with Gasteiger partial charge in [0.2, 0.25) is 0 Å². The van der Waals surface area contributed by atoms with Crippen molar-refractivity contribution in [3.8, 4) is 11.2 Å². The Morgan fingerprint density at radius 2 is 2.06 bits per heavy atom. The number of nitriles is 1. The molecule has 2 nitrogen and oxygen atoms in total. The fraction of sp³-hybridized carbons (Fsp3) is 0.533. The van der Waals surface area contributed by atoms with E-state index in [-0.39, 0.29) is 0 Å². The molecule has 0 saturated carbocycles. The highest BCUT2D eigenvalue weighted by atomic mass is 32.2. The quantitative estimate of drug-likeness (QED) is 0.725. The van der Waals surface area contributed by atoms with E-state index >= 15 is 0 Å². The molecule has 0 aliphatic heterocycles. The maximum absolute atomic E-state index is 8.57. The van der Waals surface area contributed by atoms with E-state index in [1.165, 1.54) is 28.5 Å². The van der Waals surface area contributed by atoms with Gasteiger partial charge in [0.1, 0.15) is 11.2 Å². The van der Waals surface area contributed by atoms with Crippen molar-refractivity contribution in [2.75, 3.05) is 12.4 Å². The molecule has 0 aliphatic carbocycles. The van der Waals surface area contributed by atoms with E-state index in [9.17, 15) is 0 Å². The van der Waals surface area contributed by atoms with Gasteiger partial charge in [-0.25, -0.2) is 0 Å². The lowest BCUT2D eigenvalue weighted by molar-refractivity contribution is 0.337. The fourth-order valence-corrected chi connectivity index (χ4v) is 2.47. The normalized spacial score (nSPS) is 11.9. The summed E-state index contributed by atoms with van der Waals surface area (Å²) >= 11 is 1.34. The smallest absolute Gasteiger partial charge is 0.133 e. The van der Waals surface area contributed by atoms with E-state index in [1.54, 1.807) is 0 Å². The summed E-state index contributed by atoms with van der Waals surface area (Å²) in [4.78, 5) is 0. The van der Waals surface area contributed by atoms with Crippen LogP contribution in [0.2, 0.25) is 0 Å². The number of rotatable bonds is 6. The van der Waals surface area contributed by atoms with E-state index in [4.69, 9.17) is 10.00 Å². The molecule has 0 amide bonds. The van der Waals surface area contributed by atoms with Crippen LogP contribution in [0.1, 0.15) is 30.5 Å². The lowest BCUT2D eigenvalue weighted by Crippen LogP contribution is -2.05. The molecule has 0 heterocycles. The van der Waals surface area contributed by atoms with Crippen molar-refractivity contribution in [2.24, 2.45) is 5.92 Å². The first-order valence-electron chi connectivity index (χ1n) is 6.32. The lowest BCUT2D eigenvalue weighted by atomic mass is 9.96. The topological polar surface area (TPSA) is 33.0 Å². The minimum absolute atomic E-state index is 0.519. The average Bonchev–Trinajstić information content (AvgIpc) is 2.33. The monoisotopic (exact) mass is 263 g/mol. The predicted molar refractivity (Wildman–Crippen MR) is 78.0 cm³/mol. The first-order chi connectivity index (χ1) is 8.58. The van der Waals surface area contributed by atoms with Crippen LogP contribution in [0.25, 0.3) is 0 Å². The van der Waals surface area contributed by atoms with Gasteiger partial charge >= 0.3 is 0 Å². The van der Waals surface area contributed by atoms with Gasteiger partial charge in [-0.1, -0.05) is 13.0 Å². The average molecular weight is 263 g/mol. The summed E-state index contributed by atoms with van der Waals surface area (Å²) in [6, 6.07) is 4.34. The number of hydrogen-bond acceptors (Lipinski definition) is 3. The van der Waals surface area contributed by atoms with Crippen LogP contribution < -0.4 is 4.74 Å². The van der Waals surface area contributed by atoms with Crippen molar-refractivity contribution in [1.29, 1.82) is 5.26 Å². The zero-order valence-corrected chi connectivity index (χ0v) is 12.4. The Hall–Kier alpha value is -1.14. The lowest BCUT2D eigenvalue weighted by Gasteiger charge is -2.15. The molecule has 1 atom stereocenters. The number of ether oxygens (including phenoxy) is 1. The Kier molecular flexibility index (Phi) is 6.07. The van der Waals surface area contributed by atoms with E-state index in [0.29, 0.717) is 12.5 Å². The summed E-state index contributed by atoms with van der Waals surface area (Å²) in [5.74, 6) is 2.39. The highest BCUT2D eigenvalue weighted by Crippen LogP contribution is 2.25. The number of thioether (sulfide) groups is 1. The first kappa shape index (κ1) is 14.9. The second-order valence-electron chi connectivity index (χ2n) is 4.69. The Bertz CT molecular complexity index is 437. The molecule has 0 radical (unpaired) electrons. The Morgan fingerprint density at radius 1 is 1.33 bits per heavy atom. The molecule has 18 heavy (non-hydrogen) atoms. The van der Waals surface area contributed by atoms with Crippen LogP contribution >= 0.6 is 11.8 Å². The fourth-order valence-electron chi connectivity index (χ4n) is 1.99. The maximum atomic E-state index is 8.57. The summed E-state index contributed by atoms with van der Waals surface area (Å²) in [5.41, 5.74) is 3.83. The van der Waals surface area contributed by atoms with Crippen LogP contribution in [0.4, 0.5) is 0 Å². The van der Waals surface area contributed by atoms with Crippen molar-refractivity contribution in [2.45, 2.75) is 34.1 Å². The predicted octanol–water partition coefficient (Wildman–Crippen LogP) is 4.10. The number of benzene rings is 1. The van der Waals surface area contributed by atoms with Crippen LogP contribution in [0.5, 0.6) is 5.75 Å². The van der Waals surface area contributed by atoms with Gasteiger partial charge in [-0.2, -0.15) is 5.26 Å². The molecular formula is C15H21NOS. The van der Waals surface area contributed by atoms with Gasteiger partial charge in [-0.15, -0.1) is 0 Å². The number of thiocyanates is 1. The number of nitrogens with zero attached hydrogens (tertiary/aromatic N) is 1. The van der Waals surface area contributed by atoms with E-state index in [1.807, 2.05) is 6.92 Å². The van der Waals surface area contributed by atoms with Crippen LogP contribution in [-0.2, 0) is 6.42 Å². The molecule has 1 unspecified atom stereocenters. The second-order valence-corrected chi connectivity index (χ2v) is 5.49. The molecule has 0 aromatic heterocycles. The largest absolute Gasteiger partial charge is 0.494 e. The summed E-state index contributed by atoms with van der Waals surface area (Å²) in [6.45, 7) is 9.11. The van der Waals surface area contributed by atoms with E-state index in [0.717, 1.165) is 17.9 Å². The van der Waals surface area contributed by atoms with Gasteiger partial charge < -0.3 is 4.74 Å². The van der Waals surface area contributed by atoms with Gasteiger partial charge in [-0.05, 0) is 67.6 Å². The van der Waals surface area contributed by atoms with Gasteiger partial charge in [0.05, 0.1) is 6.61 Å². The highest BCUT2D eigenvalue weighted by molar-refractivity contribution is 8.03. The van der Waals surface area contributed by atoms with E-state index < -0.39 is 0 Å². The minimum Gasteiger partial charge on any atom is -0.494 e. The van der Waals surface area contributed by atoms with Gasteiger partial charge in [0, 0.05) is 5.75 Å². The van der Waals surface area contributed by atoms with Gasteiger partial charge in [0.25, 0.3) is 0 Å². The van der Waals surface area contributed by atoms with Crippen molar-refractivity contribution < 1.29 is 4.74 Å². The van der Waals surface area contributed by atoms with Crippen molar-refractivity contribution in [3.63, 3.8) is 0 Å². The third-order valence-corrected chi connectivity index (χ3v) is 3.80. The van der Waals surface area contributed by atoms with Crippen LogP contribution in [0.3, 0.4) is 0 Å². The number of aryl methyl sites for hydroxylation is 2. The van der Waals surface area contributed by atoms with Crippen molar-refractivity contribution in [3.05, 3.63) is 28.8 Å². The van der Waals surface area contributed by atoms with Crippen molar-refractivity contribution >= 4 is 11.8 Å². The SMILES string of the molecule is CCOc1cc(C)c(CC(C)CSC#N)cc1C. The molecule has 0 spiro atoms. The third kappa shape index (κ3) is 4.27. The van der Waals surface area contributed by atoms with Gasteiger partial charge in [0.15, 0.2) is 0 Å². The first-order valence-corrected chi connectivity index (χ1v) is 7.30. The molecule has 0 saturated heterocycles. The zero-order chi connectivity index (χ0) is 13.5. The number of hydrogen-bond donors (Lipinski definition) is 0. The van der Waals surface area contributed by atoms with Gasteiger partial charge in [-0.3, -0.25) is 0 Å². The molecular weight excluding hydrogens is 242 g/mol. The van der Waals surface area contributed by atoms with Crippen LogP contribution in [0, 0.1) is 30.4 Å². The minimum atomic E-state index is 0.519. The second kappa shape index (κ2) is 7.33. The molecule has 0 fully saturated rings. The van der Waals surface area contributed by atoms with Crippen molar-refractivity contribution in [1.82, 2.24) is 0 Å². The molecule has 3 heteroatoms. The molecule has 0 bridgehead atoms. The Labute approximate surface area is 114 Å². The van der Waals surface area contributed by atoms with E-state index in [2.05, 4.69) is 38.3 Å². The third-order valence-electron chi connectivity index (χ3n) is 2.93. The Balaban J connectivity index is 2.78. The van der Waals surface area contributed by atoms with Crippen LogP contribution in [0.15, 0.2) is 12.1 Å². The molecule has 0 aliphatic rings. The zero-order valence-electron chi connectivity index (χ0n) is 11.6. The summed E-state index contributed by atoms with van der Waals surface area (Å²) in [5, 5.41) is 10.7. The molecule has 98 valence electrons. The molecule has 1 aromatic carbocycles. The summed E-state index contributed by atoms with van der Waals surface area (Å²) in [6.07, 6.45) is 1.02. The molecule has 1 aromatic rings.